The molecule has 1 amide bonds. The molecule has 0 spiro atoms. The summed E-state index contributed by atoms with van der Waals surface area (Å²) in [4.78, 5) is 27.3. The molecule has 1 aromatic heterocycles. The van der Waals surface area contributed by atoms with Gasteiger partial charge >= 0.3 is 12.1 Å². The van der Waals surface area contributed by atoms with Crippen LogP contribution in [0.15, 0.2) is 36.5 Å². The van der Waals surface area contributed by atoms with Gasteiger partial charge in [-0.15, -0.1) is 0 Å². The number of amides is 1. The quantitative estimate of drug-likeness (QED) is 0.903. The van der Waals surface area contributed by atoms with Crippen LogP contribution in [0.3, 0.4) is 0 Å². The Morgan fingerprint density at radius 3 is 2.70 bits per heavy atom. The van der Waals surface area contributed by atoms with E-state index in [1.807, 2.05) is 12.1 Å². The number of pyridine rings is 1. The average molecular weight is 316 g/mol. The van der Waals surface area contributed by atoms with Gasteiger partial charge in [-0.05, 0) is 44.5 Å². The van der Waals surface area contributed by atoms with Crippen molar-refractivity contribution < 1.29 is 19.4 Å². The van der Waals surface area contributed by atoms with Gasteiger partial charge in [0.25, 0.3) is 0 Å². The second-order valence-electron chi connectivity index (χ2n) is 6.25. The van der Waals surface area contributed by atoms with Gasteiger partial charge in [0.1, 0.15) is 5.60 Å². The number of carboxylic acids is 1. The van der Waals surface area contributed by atoms with Gasteiger partial charge < -0.3 is 15.2 Å². The molecule has 0 saturated heterocycles. The van der Waals surface area contributed by atoms with E-state index in [0.717, 1.165) is 10.9 Å². The zero-order valence-electron chi connectivity index (χ0n) is 13.4. The highest BCUT2D eigenvalue weighted by atomic mass is 16.6. The normalized spacial score (nSPS) is 12.7. The second-order valence-corrected chi connectivity index (χ2v) is 6.25. The maximum absolute atomic E-state index is 11.9. The summed E-state index contributed by atoms with van der Waals surface area (Å²) in [6.45, 7) is 5.25. The Hall–Kier alpha value is -2.63. The van der Waals surface area contributed by atoms with E-state index in [1.54, 1.807) is 45.2 Å². The number of nitrogens with one attached hydrogen (secondary N) is 1. The first-order valence-corrected chi connectivity index (χ1v) is 7.30. The predicted molar refractivity (Wildman–Crippen MR) is 86.1 cm³/mol. The number of hydrogen-bond donors (Lipinski definition) is 2. The topological polar surface area (TPSA) is 88.5 Å². The summed E-state index contributed by atoms with van der Waals surface area (Å²) in [5.41, 5.74) is 0.854. The number of benzene rings is 1. The van der Waals surface area contributed by atoms with Crippen molar-refractivity contribution in [3.8, 4) is 0 Å². The number of nitrogens with zero attached hydrogens (tertiary/aromatic N) is 1. The lowest BCUT2D eigenvalue weighted by molar-refractivity contribution is -0.137. The summed E-state index contributed by atoms with van der Waals surface area (Å²) in [6.07, 6.45) is 0.816. The van der Waals surface area contributed by atoms with Crippen molar-refractivity contribution in [2.75, 3.05) is 0 Å². The molecule has 0 fully saturated rings. The van der Waals surface area contributed by atoms with Crippen molar-refractivity contribution in [1.82, 2.24) is 10.3 Å². The minimum absolute atomic E-state index is 0.231. The first kappa shape index (κ1) is 16.7. The highest BCUT2D eigenvalue weighted by Gasteiger charge is 2.22. The molecule has 6 nitrogen and oxygen atoms in total. The van der Waals surface area contributed by atoms with E-state index in [2.05, 4.69) is 10.3 Å². The molecular formula is C17H20N2O4. The van der Waals surface area contributed by atoms with Gasteiger partial charge in [-0.25, -0.2) is 4.79 Å². The number of aromatic nitrogens is 1. The Kier molecular flexibility index (Phi) is 4.83. The van der Waals surface area contributed by atoms with E-state index in [0.29, 0.717) is 5.56 Å². The molecule has 2 rings (SSSR count). The molecule has 2 aromatic rings. The van der Waals surface area contributed by atoms with Crippen molar-refractivity contribution in [2.45, 2.75) is 38.8 Å². The third-order valence-electron chi connectivity index (χ3n) is 3.10. The van der Waals surface area contributed by atoms with Crippen molar-refractivity contribution in [3.05, 3.63) is 42.1 Å². The molecule has 0 bridgehead atoms. The van der Waals surface area contributed by atoms with E-state index in [-0.39, 0.29) is 6.42 Å². The second kappa shape index (κ2) is 6.64. The van der Waals surface area contributed by atoms with Crippen LogP contribution in [0.4, 0.5) is 4.79 Å². The van der Waals surface area contributed by atoms with Crippen LogP contribution in [0.1, 0.15) is 38.8 Å². The largest absolute Gasteiger partial charge is 0.481 e. The molecule has 0 aliphatic carbocycles. The van der Waals surface area contributed by atoms with Gasteiger partial charge in [-0.3, -0.25) is 9.78 Å². The van der Waals surface area contributed by atoms with E-state index in [1.165, 1.54) is 0 Å². The maximum Gasteiger partial charge on any atom is 0.408 e. The molecule has 0 aliphatic heterocycles. The average Bonchev–Trinajstić information content (AvgIpc) is 2.43. The van der Waals surface area contributed by atoms with E-state index >= 15 is 0 Å². The lowest BCUT2D eigenvalue weighted by atomic mass is 10.0. The van der Waals surface area contributed by atoms with Crippen LogP contribution in [0.5, 0.6) is 0 Å². The summed E-state index contributed by atoms with van der Waals surface area (Å²) in [5.74, 6) is -1.00. The molecule has 0 radical (unpaired) electrons. The van der Waals surface area contributed by atoms with E-state index in [9.17, 15) is 9.59 Å². The summed E-state index contributed by atoms with van der Waals surface area (Å²) >= 11 is 0. The van der Waals surface area contributed by atoms with Crippen LogP contribution in [-0.4, -0.2) is 27.8 Å². The van der Waals surface area contributed by atoms with Crippen LogP contribution in [0, 0.1) is 0 Å². The summed E-state index contributed by atoms with van der Waals surface area (Å²) in [6, 6.07) is 8.41. The number of ether oxygens (including phenoxy) is 1. The van der Waals surface area contributed by atoms with Crippen LogP contribution >= 0.6 is 0 Å². The highest BCUT2D eigenvalue weighted by molar-refractivity contribution is 5.80. The molecule has 2 N–H and O–H groups in total. The minimum atomic E-state index is -1.00. The molecule has 1 atom stereocenters. The Labute approximate surface area is 134 Å². The molecular weight excluding hydrogens is 296 g/mol. The van der Waals surface area contributed by atoms with Gasteiger partial charge in [-0.2, -0.15) is 0 Å². The number of fused-ring (bicyclic) bond motifs is 1. The Morgan fingerprint density at radius 1 is 1.30 bits per heavy atom. The SMILES string of the molecule is CC(C)(C)OC(=O)N[C@@H](CC(=O)O)c1ccc2ncccc2c1. The number of hydrogen-bond acceptors (Lipinski definition) is 4. The number of rotatable bonds is 4. The third-order valence-corrected chi connectivity index (χ3v) is 3.10. The van der Waals surface area contributed by atoms with Crippen LogP contribution < -0.4 is 5.32 Å². The van der Waals surface area contributed by atoms with Crippen LogP contribution in [-0.2, 0) is 9.53 Å². The Morgan fingerprint density at radius 2 is 2.04 bits per heavy atom. The molecule has 0 saturated carbocycles. The van der Waals surface area contributed by atoms with Crippen LogP contribution in [0.2, 0.25) is 0 Å². The van der Waals surface area contributed by atoms with Crippen LogP contribution in [0.25, 0.3) is 10.9 Å². The number of carbonyl (C=O) groups is 2. The van der Waals surface area contributed by atoms with Crippen molar-refractivity contribution in [1.29, 1.82) is 0 Å². The maximum atomic E-state index is 11.9. The Balaban J connectivity index is 2.25. The lowest BCUT2D eigenvalue weighted by Crippen LogP contribution is -2.35. The molecule has 0 aliphatic rings. The zero-order chi connectivity index (χ0) is 17.0. The molecule has 6 heteroatoms. The first-order chi connectivity index (χ1) is 10.7. The summed E-state index contributed by atoms with van der Waals surface area (Å²) in [7, 11) is 0. The minimum Gasteiger partial charge on any atom is -0.481 e. The van der Waals surface area contributed by atoms with Crippen molar-refractivity contribution >= 4 is 23.0 Å². The molecule has 0 unspecified atom stereocenters. The van der Waals surface area contributed by atoms with Crippen molar-refractivity contribution in [2.24, 2.45) is 0 Å². The molecule has 1 aromatic carbocycles. The number of carboxylic acid groups (broad SMARTS) is 1. The third kappa shape index (κ3) is 4.95. The fourth-order valence-corrected chi connectivity index (χ4v) is 2.19. The van der Waals surface area contributed by atoms with E-state index in [4.69, 9.17) is 9.84 Å². The van der Waals surface area contributed by atoms with E-state index < -0.39 is 23.7 Å². The van der Waals surface area contributed by atoms with Gasteiger partial charge in [-0.1, -0.05) is 12.1 Å². The summed E-state index contributed by atoms with van der Waals surface area (Å²) < 4.78 is 5.20. The number of alkyl carbamates (subject to hydrolysis) is 1. The number of carbonyl (C=O) groups excluding carboxylic acids is 1. The van der Waals surface area contributed by atoms with Gasteiger partial charge in [0.2, 0.25) is 0 Å². The fourth-order valence-electron chi connectivity index (χ4n) is 2.19. The first-order valence-electron chi connectivity index (χ1n) is 7.30. The fraction of sp³-hybridized carbons (Fsp3) is 0.353. The molecule has 23 heavy (non-hydrogen) atoms. The van der Waals surface area contributed by atoms with Gasteiger partial charge in [0.15, 0.2) is 0 Å². The van der Waals surface area contributed by atoms with Crippen molar-refractivity contribution in [3.63, 3.8) is 0 Å². The highest BCUT2D eigenvalue weighted by Crippen LogP contribution is 2.22. The van der Waals surface area contributed by atoms with Gasteiger partial charge in [0, 0.05) is 11.6 Å². The molecule has 1 heterocycles. The summed E-state index contributed by atoms with van der Waals surface area (Å²) in [5, 5.41) is 12.6. The Bertz CT molecular complexity index is 722. The zero-order valence-corrected chi connectivity index (χ0v) is 13.4. The number of aliphatic carboxylic acids is 1. The smallest absolute Gasteiger partial charge is 0.408 e. The monoisotopic (exact) mass is 316 g/mol. The molecule has 122 valence electrons. The van der Waals surface area contributed by atoms with Gasteiger partial charge in [0.05, 0.1) is 18.0 Å². The standard InChI is InChI=1S/C17H20N2O4/c1-17(2,3)23-16(22)19-14(10-15(20)21)12-6-7-13-11(9-12)5-4-8-18-13/h4-9,14H,10H2,1-3H3,(H,19,22)(H,20,21)/t14-/m0/s1. The predicted octanol–water partition coefficient (Wildman–Crippen LogP) is 3.28. The lowest BCUT2D eigenvalue weighted by Gasteiger charge is -2.23.